The highest BCUT2D eigenvalue weighted by atomic mass is 35.5. The van der Waals surface area contributed by atoms with Crippen LogP contribution in [0, 0.1) is 0 Å². The molecule has 19 heavy (non-hydrogen) atoms. The van der Waals surface area contributed by atoms with Crippen LogP contribution in [0.2, 0.25) is 15.1 Å². The Morgan fingerprint density at radius 1 is 0.947 bits per heavy atom. The number of benzene rings is 2. The molecule has 2 nitrogen and oxygen atoms in total. The van der Waals surface area contributed by atoms with Crippen LogP contribution >= 0.6 is 34.8 Å². The molecule has 0 atom stereocenters. The molecule has 2 rings (SSSR count). The summed E-state index contributed by atoms with van der Waals surface area (Å²) in [6.45, 7) is 0.412. The van der Waals surface area contributed by atoms with E-state index in [9.17, 15) is 4.79 Å². The van der Waals surface area contributed by atoms with Crippen molar-refractivity contribution in [3.05, 3.63) is 68.7 Å². The highest BCUT2D eigenvalue weighted by Crippen LogP contribution is 2.21. The average molecular weight is 315 g/mol. The van der Waals surface area contributed by atoms with E-state index in [0.717, 1.165) is 5.56 Å². The lowest BCUT2D eigenvalue weighted by Crippen LogP contribution is -2.23. The fourth-order valence-electron chi connectivity index (χ4n) is 1.55. The first-order valence-electron chi connectivity index (χ1n) is 5.54. The summed E-state index contributed by atoms with van der Waals surface area (Å²) in [5, 5.41) is 4.28. The van der Waals surface area contributed by atoms with Gasteiger partial charge in [-0.2, -0.15) is 0 Å². The summed E-state index contributed by atoms with van der Waals surface area (Å²) in [5.74, 6) is -0.239. The van der Waals surface area contributed by atoms with E-state index in [4.69, 9.17) is 34.8 Å². The molecule has 0 spiro atoms. The minimum absolute atomic E-state index is 0.239. The van der Waals surface area contributed by atoms with Crippen molar-refractivity contribution in [2.45, 2.75) is 6.54 Å². The molecule has 1 N–H and O–H groups in total. The number of hydrogen-bond acceptors (Lipinski definition) is 1. The molecular formula is C14H10Cl3NO. The Kier molecular flexibility index (Phi) is 4.70. The topological polar surface area (TPSA) is 29.1 Å². The molecule has 0 heterocycles. The Labute approximate surface area is 126 Å². The lowest BCUT2D eigenvalue weighted by atomic mass is 10.2. The summed E-state index contributed by atoms with van der Waals surface area (Å²) in [7, 11) is 0. The monoisotopic (exact) mass is 313 g/mol. The van der Waals surface area contributed by atoms with Crippen molar-refractivity contribution in [3.63, 3.8) is 0 Å². The van der Waals surface area contributed by atoms with Gasteiger partial charge in [0.15, 0.2) is 0 Å². The van der Waals surface area contributed by atoms with E-state index in [-0.39, 0.29) is 5.91 Å². The first-order chi connectivity index (χ1) is 9.06. The van der Waals surface area contributed by atoms with Crippen LogP contribution in [0.4, 0.5) is 0 Å². The standard InChI is InChI=1S/C14H10Cl3NO/c15-10-3-1-9(2-4-10)8-18-14(19)12-6-5-11(16)7-13(12)17/h1-7H,8H2,(H,18,19). The molecule has 0 aromatic heterocycles. The third kappa shape index (κ3) is 3.87. The van der Waals surface area contributed by atoms with Crippen molar-refractivity contribution in [2.24, 2.45) is 0 Å². The molecule has 0 aliphatic heterocycles. The van der Waals surface area contributed by atoms with Crippen molar-refractivity contribution >= 4 is 40.7 Å². The van der Waals surface area contributed by atoms with Gasteiger partial charge in [-0.05, 0) is 35.9 Å². The molecule has 2 aromatic carbocycles. The maximum absolute atomic E-state index is 12.0. The molecule has 0 aliphatic carbocycles. The van der Waals surface area contributed by atoms with Crippen LogP contribution < -0.4 is 5.32 Å². The summed E-state index contributed by atoms with van der Waals surface area (Å²) in [5.41, 5.74) is 1.36. The van der Waals surface area contributed by atoms with E-state index < -0.39 is 0 Å². The highest BCUT2D eigenvalue weighted by Gasteiger charge is 2.10. The van der Waals surface area contributed by atoms with E-state index >= 15 is 0 Å². The molecule has 0 bridgehead atoms. The van der Waals surface area contributed by atoms with Crippen molar-refractivity contribution in [3.8, 4) is 0 Å². The Bertz CT molecular complexity index is 596. The van der Waals surface area contributed by atoms with Crippen LogP contribution in [0.15, 0.2) is 42.5 Å². The van der Waals surface area contributed by atoms with Gasteiger partial charge in [-0.1, -0.05) is 46.9 Å². The summed E-state index contributed by atoms with van der Waals surface area (Å²) in [6.07, 6.45) is 0. The quantitative estimate of drug-likeness (QED) is 0.883. The first kappa shape index (κ1) is 14.2. The van der Waals surface area contributed by atoms with E-state index in [0.29, 0.717) is 27.2 Å². The number of carbonyl (C=O) groups is 1. The SMILES string of the molecule is O=C(NCc1ccc(Cl)cc1)c1ccc(Cl)cc1Cl. The second-order valence-electron chi connectivity index (χ2n) is 3.93. The average Bonchev–Trinajstić information content (AvgIpc) is 2.37. The van der Waals surface area contributed by atoms with Crippen LogP contribution in [0.5, 0.6) is 0 Å². The van der Waals surface area contributed by atoms with Crippen LogP contribution in [0.1, 0.15) is 15.9 Å². The van der Waals surface area contributed by atoms with Gasteiger partial charge in [0.25, 0.3) is 5.91 Å². The number of hydrogen-bond donors (Lipinski definition) is 1. The molecule has 0 radical (unpaired) electrons. The molecule has 0 fully saturated rings. The Hall–Kier alpha value is -1.22. The molecule has 5 heteroatoms. The number of carbonyl (C=O) groups excluding carboxylic acids is 1. The van der Waals surface area contributed by atoms with Crippen LogP contribution in [-0.4, -0.2) is 5.91 Å². The van der Waals surface area contributed by atoms with Gasteiger partial charge in [0.05, 0.1) is 10.6 Å². The highest BCUT2D eigenvalue weighted by molar-refractivity contribution is 6.36. The predicted octanol–water partition coefficient (Wildman–Crippen LogP) is 4.58. The van der Waals surface area contributed by atoms with Gasteiger partial charge < -0.3 is 5.32 Å². The lowest BCUT2D eigenvalue weighted by Gasteiger charge is -2.07. The molecule has 0 unspecified atom stereocenters. The summed E-state index contributed by atoms with van der Waals surface area (Å²) in [6, 6.07) is 12.0. The van der Waals surface area contributed by atoms with Gasteiger partial charge >= 0.3 is 0 Å². The molecule has 2 aromatic rings. The van der Waals surface area contributed by atoms with E-state index in [1.54, 1.807) is 30.3 Å². The normalized spacial score (nSPS) is 10.3. The molecule has 1 amide bonds. The van der Waals surface area contributed by atoms with Gasteiger partial charge in [-0.3, -0.25) is 4.79 Å². The van der Waals surface area contributed by atoms with Crippen LogP contribution in [0.25, 0.3) is 0 Å². The summed E-state index contributed by atoms with van der Waals surface area (Å²) >= 11 is 17.5. The maximum atomic E-state index is 12.0. The predicted molar refractivity (Wildman–Crippen MR) is 79.1 cm³/mol. The molecular weight excluding hydrogens is 305 g/mol. The van der Waals surface area contributed by atoms with Gasteiger partial charge in [0.2, 0.25) is 0 Å². The van der Waals surface area contributed by atoms with Crippen molar-refractivity contribution in [1.82, 2.24) is 5.32 Å². The second-order valence-corrected chi connectivity index (χ2v) is 5.21. The lowest BCUT2D eigenvalue weighted by molar-refractivity contribution is 0.0951. The zero-order valence-electron chi connectivity index (χ0n) is 9.79. The van der Waals surface area contributed by atoms with Gasteiger partial charge in [0.1, 0.15) is 0 Å². The van der Waals surface area contributed by atoms with E-state index in [1.807, 2.05) is 12.1 Å². The van der Waals surface area contributed by atoms with Crippen LogP contribution in [-0.2, 0) is 6.54 Å². The summed E-state index contributed by atoms with van der Waals surface area (Å²) < 4.78 is 0. The van der Waals surface area contributed by atoms with Crippen molar-refractivity contribution in [2.75, 3.05) is 0 Å². The number of amides is 1. The Morgan fingerprint density at radius 2 is 1.58 bits per heavy atom. The van der Waals surface area contributed by atoms with E-state index in [1.165, 1.54) is 0 Å². The van der Waals surface area contributed by atoms with Crippen molar-refractivity contribution < 1.29 is 4.79 Å². The number of halogens is 3. The van der Waals surface area contributed by atoms with Gasteiger partial charge in [-0.25, -0.2) is 0 Å². The minimum atomic E-state index is -0.239. The van der Waals surface area contributed by atoms with Crippen LogP contribution in [0.3, 0.4) is 0 Å². The zero-order valence-corrected chi connectivity index (χ0v) is 12.1. The molecule has 0 saturated carbocycles. The molecule has 98 valence electrons. The summed E-state index contributed by atoms with van der Waals surface area (Å²) in [4.78, 5) is 12.0. The smallest absolute Gasteiger partial charge is 0.253 e. The molecule has 0 saturated heterocycles. The van der Waals surface area contributed by atoms with Gasteiger partial charge in [0, 0.05) is 16.6 Å². The zero-order chi connectivity index (χ0) is 13.8. The Morgan fingerprint density at radius 3 is 2.21 bits per heavy atom. The van der Waals surface area contributed by atoms with E-state index in [2.05, 4.69) is 5.32 Å². The second kappa shape index (κ2) is 6.29. The fraction of sp³-hybridized carbons (Fsp3) is 0.0714. The van der Waals surface area contributed by atoms with Crippen molar-refractivity contribution in [1.29, 1.82) is 0 Å². The minimum Gasteiger partial charge on any atom is -0.348 e. The maximum Gasteiger partial charge on any atom is 0.253 e. The number of rotatable bonds is 3. The third-order valence-corrected chi connectivity index (χ3v) is 3.34. The largest absolute Gasteiger partial charge is 0.348 e. The number of nitrogens with one attached hydrogen (secondary N) is 1. The Balaban J connectivity index is 2.03. The third-order valence-electron chi connectivity index (χ3n) is 2.54. The fourth-order valence-corrected chi connectivity index (χ4v) is 2.17. The first-order valence-corrected chi connectivity index (χ1v) is 6.67. The molecule has 0 aliphatic rings. The van der Waals surface area contributed by atoms with Gasteiger partial charge in [-0.15, -0.1) is 0 Å².